The van der Waals surface area contributed by atoms with Gasteiger partial charge in [0, 0.05) is 29.4 Å². The molecule has 4 rings (SSSR count). The third-order valence-corrected chi connectivity index (χ3v) is 8.04. The van der Waals surface area contributed by atoms with Crippen LogP contribution in [0.3, 0.4) is 0 Å². The predicted molar refractivity (Wildman–Crippen MR) is 125 cm³/mol. The maximum absolute atomic E-state index is 12.9. The monoisotopic (exact) mass is 491 g/mol. The van der Waals surface area contributed by atoms with E-state index in [1.807, 2.05) is 29.6 Å². The van der Waals surface area contributed by atoms with Crippen LogP contribution in [0.5, 0.6) is 5.75 Å². The van der Waals surface area contributed by atoms with Gasteiger partial charge in [-0.2, -0.15) is 0 Å². The molecule has 1 amide bonds. The van der Waals surface area contributed by atoms with E-state index in [-0.39, 0.29) is 41.7 Å². The predicted octanol–water partition coefficient (Wildman–Crippen LogP) is 4.03. The van der Waals surface area contributed by atoms with Crippen molar-refractivity contribution >= 4 is 52.4 Å². The molecule has 1 fully saturated rings. The average molecular weight is 492 g/mol. The summed E-state index contributed by atoms with van der Waals surface area (Å²) in [7, 11) is 1.58. The molecule has 1 aromatic heterocycles. The minimum atomic E-state index is -0.571. The number of thiophene rings is 1. The second kappa shape index (κ2) is 10.1. The van der Waals surface area contributed by atoms with Crippen molar-refractivity contribution in [2.45, 2.75) is 24.8 Å². The van der Waals surface area contributed by atoms with Crippen LogP contribution in [0.25, 0.3) is 0 Å². The van der Waals surface area contributed by atoms with Crippen LogP contribution in [0.4, 0.5) is 0 Å². The molecular weight excluding hydrogens is 470 g/mol. The van der Waals surface area contributed by atoms with Crippen LogP contribution in [-0.4, -0.2) is 46.7 Å². The molecule has 0 bridgehead atoms. The molecule has 2 aliphatic rings. The summed E-state index contributed by atoms with van der Waals surface area (Å²) in [5, 5.41) is 1.68. The maximum Gasteiger partial charge on any atom is 0.355 e. The lowest BCUT2D eigenvalue weighted by Gasteiger charge is -2.49. The summed E-state index contributed by atoms with van der Waals surface area (Å²) >= 11 is 9.14. The van der Waals surface area contributed by atoms with Crippen molar-refractivity contribution in [2.75, 3.05) is 18.7 Å². The zero-order valence-electron chi connectivity index (χ0n) is 17.4. The second-order valence-corrected chi connectivity index (χ2v) is 9.93. The number of amides is 1. The smallest absolute Gasteiger partial charge is 0.355 e. The number of ketones is 1. The third-order valence-electron chi connectivity index (χ3n) is 5.44. The highest BCUT2D eigenvalue weighted by Gasteiger charge is 2.53. The van der Waals surface area contributed by atoms with Crippen LogP contribution in [0.15, 0.2) is 53.0 Å². The standard InChI is InChI=1S/C23H22ClNO5S2/c1-29-17-6-4-14(5-7-17)12-30-23(28)20-15(11-24)13-32-22-19(21(27)25(20)22)10-16(26)9-18-3-2-8-31-18/h2-8,19,22H,9-13H2,1H3/t19-,22-/m1/s1. The van der Waals surface area contributed by atoms with Gasteiger partial charge in [-0.1, -0.05) is 18.2 Å². The summed E-state index contributed by atoms with van der Waals surface area (Å²) in [5.74, 6) is 0.193. The number of hydrogen-bond donors (Lipinski definition) is 0. The van der Waals surface area contributed by atoms with E-state index in [0.717, 1.165) is 10.4 Å². The lowest BCUT2D eigenvalue weighted by Crippen LogP contribution is -2.62. The molecule has 0 N–H and O–H groups in total. The summed E-state index contributed by atoms with van der Waals surface area (Å²) in [6.07, 6.45) is 0.508. The molecule has 3 heterocycles. The number of Topliss-reactive ketones (excluding diaryl/α,β-unsaturated/α-hetero) is 1. The van der Waals surface area contributed by atoms with Crippen LogP contribution in [0.2, 0.25) is 0 Å². The van der Waals surface area contributed by atoms with Crippen molar-refractivity contribution in [2.24, 2.45) is 5.92 Å². The van der Waals surface area contributed by atoms with Crippen LogP contribution < -0.4 is 4.74 Å². The molecule has 2 atom stereocenters. The topological polar surface area (TPSA) is 72.9 Å². The van der Waals surface area contributed by atoms with Gasteiger partial charge in [0.1, 0.15) is 23.8 Å². The van der Waals surface area contributed by atoms with E-state index in [1.54, 1.807) is 19.2 Å². The first-order valence-electron chi connectivity index (χ1n) is 10.1. The van der Waals surface area contributed by atoms with Crippen molar-refractivity contribution in [1.82, 2.24) is 4.90 Å². The van der Waals surface area contributed by atoms with Gasteiger partial charge in [0.15, 0.2) is 0 Å². The Balaban J connectivity index is 1.41. The molecule has 2 aliphatic heterocycles. The molecule has 0 radical (unpaired) electrons. The zero-order valence-corrected chi connectivity index (χ0v) is 19.8. The Hall–Kier alpha value is -2.29. The van der Waals surface area contributed by atoms with E-state index in [2.05, 4.69) is 0 Å². The average Bonchev–Trinajstić information content (AvgIpc) is 3.33. The van der Waals surface area contributed by atoms with Crippen LogP contribution >= 0.6 is 34.7 Å². The van der Waals surface area contributed by atoms with E-state index >= 15 is 0 Å². The van der Waals surface area contributed by atoms with Crippen LogP contribution in [0.1, 0.15) is 16.9 Å². The number of β-lactam (4-membered cyclic amide) rings is 1. The van der Waals surface area contributed by atoms with Gasteiger partial charge in [-0.15, -0.1) is 34.7 Å². The summed E-state index contributed by atoms with van der Waals surface area (Å²) in [4.78, 5) is 40.7. The van der Waals surface area contributed by atoms with Gasteiger partial charge in [-0.25, -0.2) is 4.79 Å². The summed E-state index contributed by atoms with van der Waals surface area (Å²) in [5.41, 5.74) is 1.70. The highest BCUT2D eigenvalue weighted by atomic mass is 35.5. The van der Waals surface area contributed by atoms with E-state index in [1.165, 1.54) is 28.0 Å². The molecule has 1 saturated heterocycles. The van der Waals surface area contributed by atoms with Gasteiger partial charge in [-0.3, -0.25) is 14.5 Å². The highest BCUT2D eigenvalue weighted by molar-refractivity contribution is 8.00. The minimum absolute atomic E-state index is 0.0294. The Morgan fingerprint density at radius 3 is 2.66 bits per heavy atom. The lowest BCUT2D eigenvalue weighted by atomic mass is 9.89. The fraction of sp³-hybridized carbons (Fsp3) is 0.348. The molecule has 0 spiro atoms. The number of hydrogen-bond acceptors (Lipinski definition) is 7. The number of methoxy groups -OCH3 is 1. The van der Waals surface area contributed by atoms with Crippen molar-refractivity contribution < 1.29 is 23.9 Å². The van der Waals surface area contributed by atoms with Gasteiger partial charge in [0.25, 0.3) is 0 Å². The number of fused-ring (bicyclic) bond motifs is 1. The largest absolute Gasteiger partial charge is 0.497 e. The summed E-state index contributed by atoms with van der Waals surface area (Å²) < 4.78 is 10.6. The molecule has 6 nitrogen and oxygen atoms in total. The number of alkyl halides is 1. The van der Waals surface area contributed by atoms with Crippen molar-refractivity contribution in [3.63, 3.8) is 0 Å². The summed E-state index contributed by atoms with van der Waals surface area (Å²) in [6.45, 7) is 0.0739. The Labute approximate surface area is 199 Å². The number of benzene rings is 1. The van der Waals surface area contributed by atoms with Crippen LogP contribution in [0, 0.1) is 5.92 Å². The fourth-order valence-corrected chi connectivity index (χ4v) is 6.25. The first-order chi connectivity index (χ1) is 15.5. The number of esters is 1. The molecule has 9 heteroatoms. The fourth-order valence-electron chi connectivity index (χ4n) is 3.77. The number of nitrogens with zero attached hydrogens (tertiary/aromatic N) is 1. The Morgan fingerprint density at radius 2 is 2.00 bits per heavy atom. The number of halogens is 1. The normalized spacial score (nSPS) is 19.9. The number of ether oxygens (including phenoxy) is 2. The second-order valence-electron chi connectivity index (χ2n) is 7.53. The first kappa shape index (κ1) is 22.9. The number of thioether (sulfide) groups is 1. The third kappa shape index (κ3) is 4.72. The van der Waals surface area contributed by atoms with Gasteiger partial charge in [0.2, 0.25) is 5.91 Å². The SMILES string of the molecule is COc1ccc(COC(=O)C2=C(CCl)CS[C@@H]3[C@H](CC(=O)Cc4cccs4)C(=O)N23)cc1. The first-order valence-corrected chi connectivity index (χ1v) is 12.5. The van der Waals surface area contributed by atoms with Gasteiger partial charge in [-0.05, 0) is 34.7 Å². The molecular formula is C23H22ClNO5S2. The molecule has 1 aromatic carbocycles. The number of carbonyl (C=O) groups excluding carboxylic acids is 3. The van der Waals surface area contributed by atoms with Gasteiger partial charge in [0.05, 0.1) is 18.4 Å². The van der Waals surface area contributed by atoms with Crippen molar-refractivity contribution in [3.05, 3.63) is 63.5 Å². The Bertz CT molecular complexity index is 1040. The molecule has 168 valence electrons. The van der Waals surface area contributed by atoms with Crippen molar-refractivity contribution in [3.8, 4) is 5.75 Å². The number of rotatable bonds is 9. The molecule has 2 aromatic rings. The van der Waals surface area contributed by atoms with Crippen molar-refractivity contribution in [1.29, 1.82) is 0 Å². The Kier molecular flexibility index (Phi) is 7.23. The molecule has 0 saturated carbocycles. The molecule has 0 aliphatic carbocycles. The molecule has 32 heavy (non-hydrogen) atoms. The van der Waals surface area contributed by atoms with E-state index in [4.69, 9.17) is 21.1 Å². The highest BCUT2D eigenvalue weighted by Crippen LogP contribution is 2.45. The lowest BCUT2D eigenvalue weighted by molar-refractivity contribution is -0.156. The van der Waals surface area contributed by atoms with Crippen LogP contribution in [-0.2, 0) is 32.1 Å². The zero-order chi connectivity index (χ0) is 22.7. The van der Waals surface area contributed by atoms with E-state index < -0.39 is 11.9 Å². The number of carbonyl (C=O) groups is 3. The Morgan fingerprint density at radius 1 is 1.22 bits per heavy atom. The van der Waals surface area contributed by atoms with Gasteiger partial charge < -0.3 is 9.47 Å². The minimum Gasteiger partial charge on any atom is -0.497 e. The summed E-state index contributed by atoms with van der Waals surface area (Å²) in [6, 6.07) is 11.0. The van der Waals surface area contributed by atoms with Gasteiger partial charge >= 0.3 is 5.97 Å². The quantitative estimate of drug-likeness (QED) is 0.299. The van der Waals surface area contributed by atoms with E-state index in [9.17, 15) is 14.4 Å². The molecule has 0 unspecified atom stereocenters. The maximum atomic E-state index is 12.9. The van der Waals surface area contributed by atoms with E-state index in [0.29, 0.717) is 23.5 Å².